The van der Waals surface area contributed by atoms with Gasteiger partial charge in [-0.3, -0.25) is 0 Å². The first-order chi connectivity index (χ1) is 17.1. The Morgan fingerprint density at radius 1 is 0.865 bits per heavy atom. The molecule has 5 aliphatic rings. The number of aliphatic hydroxyl groups is 2. The van der Waals surface area contributed by atoms with Crippen molar-refractivity contribution in [3.8, 4) is 0 Å². The Kier molecular flexibility index (Phi) is 7.05. The third-order valence-corrected chi connectivity index (χ3v) is 12.7. The van der Waals surface area contributed by atoms with Gasteiger partial charge in [0.2, 0.25) is 0 Å². The van der Waals surface area contributed by atoms with Crippen molar-refractivity contribution in [1.29, 1.82) is 0 Å². The Morgan fingerprint density at radius 2 is 1.51 bits per heavy atom. The van der Waals surface area contributed by atoms with Crippen molar-refractivity contribution in [3.05, 3.63) is 0 Å². The van der Waals surface area contributed by atoms with E-state index in [1.807, 2.05) is 6.92 Å². The maximum absolute atomic E-state index is 14.0. The molecule has 9 atom stereocenters. The lowest BCUT2D eigenvalue weighted by molar-refractivity contribution is -0.276. The van der Waals surface area contributed by atoms with Gasteiger partial charge in [0, 0.05) is 5.92 Å². The molecule has 0 aliphatic heterocycles. The second kappa shape index (κ2) is 9.29. The third kappa shape index (κ3) is 4.47. The lowest BCUT2D eigenvalue weighted by atomic mass is 9.54. The topological polar surface area (TPSA) is 49.7 Å². The summed E-state index contributed by atoms with van der Waals surface area (Å²) in [4.78, 5) is 0. The molecule has 0 aromatic carbocycles. The van der Waals surface area contributed by atoms with Crippen LogP contribution in [0.3, 0.4) is 0 Å². The third-order valence-electron chi connectivity index (χ3n) is 12.7. The van der Waals surface area contributed by atoms with E-state index in [0.717, 1.165) is 32.1 Å². The summed E-state index contributed by atoms with van der Waals surface area (Å²) in [6.07, 6.45) is 3.17. The molecule has 5 rings (SSSR count). The van der Waals surface area contributed by atoms with Crippen LogP contribution < -0.4 is 0 Å². The highest BCUT2D eigenvalue weighted by atomic mass is 19.4. The van der Waals surface area contributed by atoms with Crippen LogP contribution in [0.5, 0.6) is 0 Å². The van der Waals surface area contributed by atoms with E-state index in [4.69, 9.17) is 0 Å². The minimum Gasteiger partial charge on any atom is -0.390 e. The van der Waals surface area contributed by atoms with Gasteiger partial charge >= 0.3 is 12.8 Å². The van der Waals surface area contributed by atoms with Gasteiger partial charge in [-0.15, -0.1) is 0 Å². The fourth-order valence-corrected chi connectivity index (χ4v) is 10.6. The minimum atomic E-state index is -4.58. The Morgan fingerprint density at radius 3 is 2.14 bits per heavy atom. The quantitative estimate of drug-likeness (QED) is 0.346. The van der Waals surface area contributed by atoms with E-state index in [-0.39, 0.29) is 23.7 Å². The normalized spacial score (nSPS) is 50.7. The molecule has 5 aliphatic carbocycles. The van der Waals surface area contributed by atoms with Crippen LogP contribution in [0, 0.1) is 46.3 Å². The van der Waals surface area contributed by atoms with Gasteiger partial charge in [-0.05, 0) is 124 Å². The SMILES string of the molecule is C[C@H](CCC1(O)CCC(OC(F)F)CC1)[C@H]1CC[C@H]2[C@@H]3CC4[C@](C)(CC[C@@]4(O)C(F)(F)F)[C@H]3CC[C@]12C. The predicted molar refractivity (Wildman–Crippen MR) is 130 cm³/mol. The second-order valence-electron chi connectivity index (χ2n) is 14.2. The van der Waals surface area contributed by atoms with Crippen LogP contribution in [-0.4, -0.2) is 40.3 Å². The largest absolute Gasteiger partial charge is 0.417 e. The molecular weight excluding hydrogens is 491 g/mol. The van der Waals surface area contributed by atoms with E-state index < -0.39 is 41.4 Å². The Balaban J connectivity index is 1.23. The molecule has 0 amide bonds. The van der Waals surface area contributed by atoms with Gasteiger partial charge < -0.3 is 14.9 Å². The van der Waals surface area contributed by atoms with Crippen LogP contribution in [0.25, 0.3) is 0 Å². The van der Waals surface area contributed by atoms with Crippen molar-refractivity contribution >= 4 is 0 Å². The predicted octanol–water partition coefficient (Wildman–Crippen LogP) is 7.49. The number of fused-ring (bicyclic) bond motifs is 5. The van der Waals surface area contributed by atoms with Gasteiger partial charge in [-0.25, -0.2) is 0 Å². The van der Waals surface area contributed by atoms with E-state index in [1.54, 1.807) is 0 Å². The first-order valence-corrected chi connectivity index (χ1v) is 14.6. The molecule has 0 bridgehead atoms. The van der Waals surface area contributed by atoms with E-state index in [9.17, 15) is 32.2 Å². The zero-order chi connectivity index (χ0) is 27.0. The number of alkyl halides is 5. The summed E-state index contributed by atoms with van der Waals surface area (Å²) in [5.74, 6) is 1.04. The Labute approximate surface area is 217 Å². The molecule has 5 saturated carbocycles. The lowest BCUT2D eigenvalue weighted by Crippen LogP contribution is -2.50. The van der Waals surface area contributed by atoms with Crippen molar-refractivity contribution in [1.82, 2.24) is 0 Å². The van der Waals surface area contributed by atoms with Crippen molar-refractivity contribution < 1.29 is 36.9 Å². The average molecular weight is 537 g/mol. The summed E-state index contributed by atoms with van der Waals surface area (Å²) in [6, 6.07) is 0. The molecule has 0 heterocycles. The Hall–Kier alpha value is -0.470. The molecular formula is C29H45F5O3. The number of hydrogen-bond acceptors (Lipinski definition) is 3. The van der Waals surface area contributed by atoms with Crippen molar-refractivity contribution in [2.75, 3.05) is 0 Å². The zero-order valence-corrected chi connectivity index (χ0v) is 22.5. The molecule has 214 valence electrons. The summed E-state index contributed by atoms with van der Waals surface area (Å²) in [5, 5.41) is 21.9. The molecule has 3 nitrogen and oxygen atoms in total. The fourth-order valence-electron chi connectivity index (χ4n) is 10.6. The van der Waals surface area contributed by atoms with Crippen molar-refractivity contribution in [2.45, 2.75) is 134 Å². The van der Waals surface area contributed by atoms with Gasteiger partial charge in [-0.1, -0.05) is 20.8 Å². The average Bonchev–Trinajstić information content (AvgIpc) is 3.40. The molecule has 0 spiro atoms. The first kappa shape index (κ1) is 28.1. The van der Waals surface area contributed by atoms with E-state index >= 15 is 0 Å². The number of hydrogen-bond donors (Lipinski definition) is 2. The van der Waals surface area contributed by atoms with Crippen LogP contribution in [-0.2, 0) is 4.74 Å². The molecule has 5 fully saturated rings. The summed E-state index contributed by atoms with van der Waals surface area (Å²) in [7, 11) is 0. The number of rotatable bonds is 6. The van der Waals surface area contributed by atoms with Gasteiger partial charge in [-0.2, -0.15) is 22.0 Å². The van der Waals surface area contributed by atoms with Gasteiger partial charge in [0.1, 0.15) is 0 Å². The van der Waals surface area contributed by atoms with Gasteiger partial charge in [0.05, 0.1) is 11.7 Å². The minimum absolute atomic E-state index is 0.0807. The first-order valence-electron chi connectivity index (χ1n) is 14.6. The highest BCUT2D eigenvalue weighted by Gasteiger charge is 2.73. The highest BCUT2D eigenvalue weighted by molar-refractivity contribution is 5.18. The Bertz CT molecular complexity index is 842. The molecule has 0 radical (unpaired) electrons. The monoisotopic (exact) mass is 536 g/mol. The summed E-state index contributed by atoms with van der Waals surface area (Å²) >= 11 is 0. The molecule has 1 unspecified atom stereocenters. The van der Waals surface area contributed by atoms with Crippen LogP contribution >= 0.6 is 0 Å². The van der Waals surface area contributed by atoms with Gasteiger partial charge in [0.25, 0.3) is 0 Å². The van der Waals surface area contributed by atoms with E-state index in [1.165, 1.54) is 0 Å². The van der Waals surface area contributed by atoms with E-state index in [2.05, 4.69) is 18.6 Å². The summed E-state index contributed by atoms with van der Waals surface area (Å²) in [5.41, 5.74) is -3.73. The second-order valence-corrected chi connectivity index (χ2v) is 14.2. The van der Waals surface area contributed by atoms with Crippen LogP contribution in [0.15, 0.2) is 0 Å². The van der Waals surface area contributed by atoms with E-state index in [0.29, 0.717) is 62.7 Å². The van der Waals surface area contributed by atoms with Crippen LogP contribution in [0.2, 0.25) is 0 Å². The molecule has 2 N–H and O–H groups in total. The van der Waals surface area contributed by atoms with Crippen molar-refractivity contribution in [3.63, 3.8) is 0 Å². The standard InChI is InChI=1S/C29H45F5O3/c1-17(6-11-27(35)12-7-18(8-13-27)37-24(30)31)20-4-5-21-19-16-23-26(3,22(19)9-10-25(20,21)2)14-15-28(23,36)29(32,33)34/h17-24,35-36H,4-16H2,1-3H3/t17-,18?,19+,20-,21+,22+,23?,25-,26-,27?,28+/m1/s1. The van der Waals surface area contributed by atoms with Crippen molar-refractivity contribution in [2.24, 2.45) is 46.3 Å². The molecule has 0 aromatic heterocycles. The highest BCUT2D eigenvalue weighted by Crippen LogP contribution is 2.73. The zero-order valence-electron chi connectivity index (χ0n) is 22.5. The molecule has 37 heavy (non-hydrogen) atoms. The molecule has 0 saturated heterocycles. The number of ether oxygens (including phenoxy) is 1. The maximum atomic E-state index is 14.0. The fraction of sp³-hybridized carbons (Fsp3) is 1.00. The van der Waals surface area contributed by atoms with Crippen LogP contribution in [0.4, 0.5) is 22.0 Å². The number of halogens is 5. The van der Waals surface area contributed by atoms with Gasteiger partial charge in [0.15, 0.2) is 5.60 Å². The van der Waals surface area contributed by atoms with Crippen LogP contribution in [0.1, 0.15) is 104 Å². The smallest absolute Gasteiger partial charge is 0.390 e. The summed E-state index contributed by atoms with van der Waals surface area (Å²) in [6.45, 7) is 3.86. The summed E-state index contributed by atoms with van der Waals surface area (Å²) < 4.78 is 71.6. The molecule has 0 aromatic rings. The maximum Gasteiger partial charge on any atom is 0.417 e. The molecule has 8 heteroatoms. The lowest BCUT2D eigenvalue weighted by Gasteiger charge is -2.50.